The lowest BCUT2D eigenvalue weighted by Gasteiger charge is -2.07. The van der Waals surface area contributed by atoms with E-state index in [0.717, 1.165) is 10.6 Å². The molecular formula is C15H15ClN2O2S. The van der Waals surface area contributed by atoms with E-state index in [1.807, 2.05) is 26.0 Å². The predicted octanol–water partition coefficient (Wildman–Crippen LogP) is 3.87. The lowest BCUT2D eigenvalue weighted by atomic mass is 10.2. The first-order chi connectivity index (χ1) is 10.0. The maximum absolute atomic E-state index is 12.2. The van der Waals surface area contributed by atoms with Gasteiger partial charge in [0.25, 0.3) is 5.91 Å². The van der Waals surface area contributed by atoms with Crippen LogP contribution in [0.1, 0.15) is 27.0 Å². The molecule has 1 amide bonds. The second kappa shape index (κ2) is 6.74. The zero-order valence-electron chi connectivity index (χ0n) is 11.9. The lowest BCUT2D eigenvalue weighted by Crippen LogP contribution is -2.19. The Bertz CT molecular complexity index is 695. The number of hydrogen-bond donors (Lipinski definition) is 1. The van der Waals surface area contributed by atoms with Crippen LogP contribution >= 0.6 is 22.9 Å². The summed E-state index contributed by atoms with van der Waals surface area (Å²) < 4.78 is 5.15. The van der Waals surface area contributed by atoms with Gasteiger partial charge in [0.1, 0.15) is 5.75 Å². The second-order valence-electron chi connectivity index (χ2n) is 4.39. The van der Waals surface area contributed by atoms with E-state index in [0.29, 0.717) is 16.3 Å². The average molecular weight is 323 g/mol. The molecule has 0 aliphatic rings. The van der Waals surface area contributed by atoms with Crippen LogP contribution in [-0.4, -0.2) is 18.7 Å². The highest BCUT2D eigenvalue weighted by molar-refractivity contribution is 7.14. The molecule has 0 spiro atoms. The highest BCUT2D eigenvalue weighted by atomic mass is 35.5. The third-order valence-corrected chi connectivity index (χ3v) is 4.17. The van der Waals surface area contributed by atoms with Crippen molar-refractivity contribution in [2.45, 2.75) is 13.8 Å². The Morgan fingerprint density at radius 2 is 2.10 bits per heavy atom. The number of halogens is 1. The van der Waals surface area contributed by atoms with E-state index < -0.39 is 0 Å². The van der Waals surface area contributed by atoms with Crippen LogP contribution in [0.2, 0.25) is 5.02 Å². The predicted molar refractivity (Wildman–Crippen MR) is 86.7 cm³/mol. The number of thiophene rings is 1. The third-order valence-electron chi connectivity index (χ3n) is 2.83. The van der Waals surface area contributed by atoms with E-state index in [2.05, 4.69) is 10.5 Å². The summed E-state index contributed by atoms with van der Waals surface area (Å²) in [5.41, 5.74) is 3.63. The molecule has 0 saturated carbocycles. The molecule has 2 aromatic rings. The Hall–Kier alpha value is -1.85. The number of benzene rings is 1. The summed E-state index contributed by atoms with van der Waals surface area (Å²) in [6.07, 6.45) is 0. The number of carbonyl (C=O) groups is 1. The molecular weight excluding hydrogens is 308 g/mol. The average Bonchev–Trinajstić information content (AvgIpc) is 2.91. The molecule has 1 heterocycles. The molecule has 6 heteroatoms. The van der Waals surface area contributed by atoms with Crippen molar-refractivity contribution in [1.29, 1.82) is 0 Å². The van der Waals surface area contributed by atoms with E-state index in [-0.39, 0.29) is 5.91 Å². The summed E-state index contributed by atoms with van der Waals surface area (Å²) in [5, 5.41) is 4.59. The normalized spacial score (nSPS) is 11.3. The zero-order valence-corrected chi connectivity index (χ0v) is 13.5. The second-order valence-corrected chi connectivity index (χ2v) is 6.12. The molecule has 0 radical (unpaired) electrons. The fourth-order valence-electron chi connectivity index (χ4n) is 1.74. The minimum absolute atomic E-state index is 0.351. The zero-order chi connectivity index (χ0) is 15.4. The molecule has 4 nitrogen and oxygen atoms in total. The first-order valence-electron chi connectivity index (χ1n) is 6.26. The Kier molecular flexibility index (Phi) is 4.98. The number of methoxy groups -OCH3 is 1. The van der Waals surface area contributed by atoms with Crippen molar-refractivity contribution in [3.05, 3.63) is 50.7 Å². The minimum atomic E-state index is -0.359. The van der Waals surface area contributed by atoms with Crippen LogP contribution in [0.15, 0.2) is 35.4 Å². The first kappa shape index (κ1) is 15.5. The van der Waals surface area contributed by atoms with Gasteiger partial charge in [-0.2, -0.15) is 5.10 Å². The molecule has 0 bridgehead atoms. The van der Waals surface area contributed by atoms with Crippen LogP contribution in [0.4, 0.5) is 0 Å². The highest BCUT2D eigenvalue weighted by Crippen LogP contribution is 2.22. The SMILES string of the molecule is COc1ccc(Cl)cc1C(=O)NN=C(C)c1ccc(C)s1. The molecule has 0 saturated heterocycles. The molecule has 110 valence electrons. The summed E-state index contributed by atoms with van der Waals surface area (Å²) in [6, 6.07) is 8.86. The van der Waals surface area contributed by atoms with Crippen molar-refractivity contribution < 1.29 is 9.53 Å². The Balaban J connectivity index is 2.17. The van der Waals surface area contributed by atoms with Gasteiger partial charge in [0.15, 0.2) is 0 Å². The molecule has 1 aromatic carbocycles. The number of carbonyl (C=O) groups excluding carboxylic acids is 1. The van der Waals surface area contributed by atoms with Gasteiger partial charge in [-0.15, -0.1) is 11.3 Å². The number of amides is 1. The smallest absolute Gasteiger partial charge is 0.275 e. The molecule has 0 aliphatic carbocycles. The molecule has 0 fully saturated rings. The van der Waals surface area contributed by atoms with Gasteiger partial charge < -0.3 is 4.74 Å². The number of hydrazone groups is 1. The summed E-state index contributed by atoms with van der Waals surface area (Å²) in [4.78, 5) is 14.4. The molecule has 2 rings (SSSR count). The molecule has 0 atom stereocenters. The van der Waals surface area contributed by atoms with Crippen LogP contribution in [-0.2, 0) is 0 Å². The molecule has 1 aromatic heterocycles. The minimum Gasteiger partial charge on any atom is -0.496 e. The number of nitrogens with zero attached hydrogens (tertiary/aromatic N) is 1. The van der Waals surface area contributed by atoms with Gasteiger partial charge in [0.05, 0.1) is 23.3 Å². The lowest BCUT2D eigenvalue weighted by molar-refractivity contribution is 0.0952. The fraction of sp³-hybridized carbons (Fsp3) is 0.200. The number of hydrogen-bond acceptors (Lipinski definition) is 4. The van der Waals surface area contributed by atoms with Gasteiger partial charge in [0, 0.05) is 9.90 Å². The summed E-state index contributed by atoms with van der Waals surface area (Å²) in [7, 11) is 1.50. The van der Waals surface area contributed by atoms with Crippen molar-refractivity contribution in [1.82, 2.24) is 5.43 Å². The summed E-state index contributed by atoms with van der Waals surface area (Å²) >= 11 is 7.54. The number of nitrogens with one attached hydrogen (secondary N) is 1. The third kappa shape index (κ3) is 3.83. The molecule has 0 aliphatic heterocycles. The van der Waals surface area contributed by atoms with E-state index in [1.165, 1.54) is 12.0 Å². The van der Waals surface area contributed by atoms with Gasteiger partial charge >= 0.3 is 0 Å². The van der Waals surface area contributed by atoms with Crippen LogP contribution in [0.25, 0.3) is 0 Å². The standard InChI is InChI=1S/C15H15ClN2O2S/c1-9-4-7-14(21-9)10(2)17-18-15(19)12-8-11(16)5-6-13(12)20-3/h4-8H,1-3H3,(H,18,19). The van der Waals surface area contributed by atoms with Crippen LogP contribution in [0, 0.1) is 6.92 Å². The number of ether oxygens (including phenoxy) is 1. The van der Waals surface area contributed by atoms with E-state index in [1.54, 1.807) is 29.5 Å². The molecule has 1 N–H and O–H groups in total. The largest absolute Gasteiger partial charge is 0.496 e. The van der Waals surface area contributed by atoms with Crippen LogP contribution < -0.4 is 10.2 Å². The maximum Gasteiger partial charge on any atom is 0.275 e. The van der Waals surface area contributed by atoms with Gasteiger partial charge in [-0.1, -0.05) is 11.6 Å². The Morgan fingerprint density at radius 3 is 2.71 bits per heavy atom. The van der Waals surface area contributed by atoms with Crippen LogP contribution in [0.5, 0.6) is 5.75 Å². The monoisotopic (exact) mass is 322 g/mol. The van der Waals surface area contributed by atoms with Gasteiger partial charge in [-0.25, -0.2) is 5.43 Å². The van der Waals surface area contributed by atoms with Crippen LogP contribution in [0.3, 0.4) is 0 Å². The summed E-state index contributed by atoms with van der Waals surface area (Å²) in [5.74, 6) is 0.0960. The van der Waals surface area contributed by atoms with Gasteiger partial charge in [0.2, 0.25) is 0 Å². The van der Waals surface area contributed by atoms with Crippen molar-refractivity contribution in [3.8, 4) is 5.75 Å². The first-order valence-corrected chi connectivity index (χ1v) is 7.45. The van der Waals surface area contributed by atoms with Crippen molar-refractivity contribution in [2.24, 2.45) is 5.10 Å². The number of rotatable bonds is 4. The Labute approximate surface area is 132 Å². The molecule has 0 unspecified atom stereocenters. The topological polar surface area (TPSA) is 50.7 Å². The Morgan fingerprint density at radius 1 is 1.33 bits per heavy atom. The fourth-order valence-corrected chi connectivity index (χ4v) is 2.72. The van der Waals surface area contributed by atoms with E-state index in [9.17, 15) is 4.79 Å². The molecule has 21 heavy (non-hydrogen) atoms. The van der Waals surface area contributed by atoms with Crippen molar-refractivity contribution in [2.75, 3.05) is 7.11 Å². The number of aryl methyl sites for hydroxylation is 1. The van der Waals surface area contributed by atoms with E-state index in [4.69, 9.17) is 16.3 Å². The highest BCUT2D eigenvalue weighted by Gasteiger charge is 2.12. The maximum atomic E-state index is 12.2. The van der Waals surface area contributed by atoms with Gasteiger partial charge in [-0.3, -0.25) is 4.79 Å². The van der Waals surface area contributed by atoms with Crippen molar-refractivity contribution >= 4 is 34.6 Å². The van der Waals surface area contributed by atoms with Crippen molar-refractivity contribution in [3.63, 3.8) is 0 Å². The quantitative estimate of drug-likeness (QED) is 0.686. The summed E-state index contributed by atoms with van der Waals surface area (Å²) in [6.45, 7) is 3.87. The van der Waals surface area contributed by atoms with E-state index >= 15 is 0 Å². The van der Waals surface area contributed by atoms with Gasteiger partial charge in [-0.05, 0) is 44.2 Å².